The van der Waals surface area contributed by atoms with Crippen LogP contribution in [-0.4, -0.2) is 50.2 Å². The number of hydrogen-bond donors (Lipinski definition) is 4. The highest BCUT2D eigenvalue weighted by molar-refractivity contribution is 5.81. The highest BCUT2D eigenvalue weighted by Crippen LogP contribution is 2.29. The molecule has 154 valence electrons. The van der Waals surface area contributed by atoms with Crippen LogP contribution in [0.2, 0.25) is 0 Å². The molecule has 0 unspecified atom stereocenters. The van der Waals surface area contributed by atoms with Crippen molar-refractivity contribution in [3.8, 4) is 0 Å². The molecule has 0 bridgehead atoms. The Morgan fingerprint density at radius 3 is 2.59 bits per heavy atom. The largest absolute Gasteiger partial charge is 0.390 e. The van der Waals surface area contributed by atoms with Gasteiger partial charge in [-0.15, -0.1) is 0 Å². The molecule has 1 aromatic heterocycles. The van der Waals surface area contributed by atoms with Gasteiger partial charge in [0.1, 0.15) is 12.1 Å². The Morgan fingerprint density at radius 2 is 2.00 bits per heavy atom. The van der Waals surface area contributed by atoms with Gasteiger partial charge in [-0.25, -0.2) is 0 Å². The summed E-state index contributed by atoms with van der Waals surface area (Å²) in [6, 6.07) is 0.536. The number of aliphatic hydroxyl groups excluding tert-OH is 2. The van der Waals surface area contributed by atoms with E-state index in [1.165, 1.54) is 19.3 Å². The first-order valence-electron chi connectivity index (χ1n) is 10.3. The molecule has 27 heavy (non-hydrogen) atoms. The average molecular weight is 381 g/mol. The molecule has 1 aromatic rings. The first-order valence-corrected chi connectivity index (χ1v) is 10.3. The van der Waals surface area contributed by atoms with E-state index in [4.69, 9.17) is 5.73 Å². The average Bonchev–Trinajstić information content (AvgIpc) is 3.13. The highest BCUT2D eigenvalue weighted by Gasteiger charge is 2.32. The zero-order valence-corrected chi connectivity index (χ0v) is 16.6. The van der Waals surface area contributed by atoms with Gasteiger partial charge in [-0.2, -0.15) is 5.10 Å². The number of carbonyl (C=O) groups is 1. The number of rotatable bonds is 10. The molecule has 0 spiro atoms. The van der Waals surface area contributed by atoms with Gasteiger partial charge in [0.05, 0.1) is 18.7 Å². The lowest BCUT2D eigenvalue weighted by atomic mass is 9.82. The second kappa shape index (κ2) is 10.8. The standard InChI is InChI=1S/C20H36N4O3/c1-14(2)11-18(25)19(26)17(12-15-7-4-3-5-8-15)23-20(27)16(21)13-24-10-6-9-22-24/h6,9-10,14-19,25-26H,3-5,7-8,11-13,21H2,1-2H3,(H,23,27)/t16-,17-,18-,19+/m0/s1. The van der Waals surface area contributed by atoms with E-state index < -0.39 is 24.3 Å². The number of nitrogens with zero attached hydrogens (tertiary/aromatic N) is 2. The van der Waals surface area contributed by atoms with E-state index in [2.05, 4.69) is 10.4 Å². The van der Waals surface area contributed by atoms with Gasteiger partial charge < -0.3 is 21.3 Å². The third-order valence-corrected chi connectivity index (χ3v) is 5.44. The Morgan fingerprint density at radius 1 is 1.30 bits per heavy atom. The van der Waals surface area contributed by atoms with Crippen molar-refractivity contribution in [3.63, 3.8) is 0 Å². The summed E-state index contributed by atoms with van der Waals surface area (Å²) in [5.41, 5.74) is 6.03. The number of aromatic nitrogens is 2. The van der Waals surface area contributed by atoms with E-state index in [0.29, 0.717) is 18.8 Å². The molecule has 1 fully saturated rings. The third-order valence-electron chi connectivity index (χ3n) is 5.44. The van der Waals surface area contributed by atoms with Crippen molar-refractivity contribution in [3.05, 3.63) is 18.5 Å². The quantitative estimate of drug-likeness (QED) is 0.490. The Labute approximate surface area is 162 Å². The minimum absolute atomic E-state index is 0.266. The number of aliphatic hydroxyl groups is 2. The molecule has 1 heterocycles. The summed E-state index contributed by atoms with van der Waals surface area (Å²) in [6.07, 6.45) is 8.57. The van der Waals surface area contributed by atoms with E-state index in [9.17, 15) is 15.0 Å². The molecular formula is C20H36N4O3. The third kappa shape index (κ3) is 7.24. The second-order valence-electron chi connectivity index (χ2n) is 8.38. The van der Waals surface area contributed by atoms with Gasteiger partial charge in [0.2, 0.25) is 5.91 Å². The Hall–Kier alpha value is -1.44. The number of carbonyl (C=O) groups excluding carboxylic acids is 1. The van der Waals surface area contributed by atoms with Gasteiger partial charge in [-0.05, 0) is 30.7 Å². The molecule has 7 nitrogen and oxygen atoms in total. The number of nitrogens with one attached hydrogen (secondary N) is 1. The van der Waals surface area contributed by atoms with Gasteiger partial charge >= 0.3 is 0 Å². The molecule has 5 N–H and O–H groups in total. The predicted molar refractivity (Wildman–Crippen MR) is 105 cm³/mol. The fraction of sp³-hybridized carbons (Fsp3) is 0.800. The molecule has 7 heteroatoms. The van der Waals surface area contributed by atoms with Crippen LogP contribution >= 0.6 is 0 Å². The maximum absolute atomic E-state index is 12.6. The van der Waals surface area contributed by atoms with Gasteiger partial charge in [0.15, 0.2) is 0 Å². The lowest BCUT2D eigenvalue weighted by Crippen LogP contribution is -2.54. The van der Waals surface area contributed by atoms with Crippen molar-refractivity contribution in [2.24, 2.45) is 17.6 Å². The molecule has 1 amide bonds. The van der Waals surface area contributed by atoms with Crippen LogP contribution in [0.3, 0.4) is 0 Å². The monoisotopic (exact) mass is 380 g/mol. The van der Waals surface area contributed by atoms with E-state index in [1.54, 1.807) is 23.1 Å². The smallest absolute Gasteiger partial charge is 0.239 e. The first-order chi connectivity index (χ1) is 12.9. The van der Waals surface area contributed by atoms with E-state index in [0.717, 1.165) is 12.8 Å². The van der Waals surface area contributed by atoms with Crippen LogP contribution < -0.4 is 11.1 Å². The molecule has 0 aromatic carbocycles. The van der Waals surface area contributed by atoms with Gasteiger partial charge in [-0.3, -0.25) is 9.48 Å². The van der Waals surface area contributed by atoms with Crippen LogP contribution in [0, 0.1) is 11.8 Å². The Balaban J connectivity index is 1.99. The molecule has 1 aliphatic rings. The van der Waals surface area contributed by atoms with Crippen LogP contribution in [0.1, 0.15) is 58.8 Å². The summed E-state index contributed by atoms with van der Waals surface area (Å²) in [7, 11) is 0. The molecule has 0 saturated heterocycles. The summed E-state index contributed by atoms with van der Waals surface area (Å²) in [4.78, 5) is 12.6. The Kier molecular flexibility index (Phi) is 8.73. The van der Waals surface area contributed by atoms with Crippen LogP contribution in [0.15, 0.2) is 18.5 Å². The SMILES string of the molecule is CC(C)C[C@H](O)[C@H](O)[C@H](CC1CCCCC1)NC(=O)[C@@H](N)Cn1cccn1. The maximum atomic E-state index is 12.6. The summed E-state index contributed by atoms with van der Waals surface area (Å²) in [5, 5.41) is 28.1. The van der Waals surface area contributed by atoms with Crippen molar-refractivity contribution < 1.29 is 15.0 Å². The molecule has 0 radical (unpaired) electrons. The van der Waals surface area contributed by atoms with Gasteiger partial charge in [0.25, 0.3) is 0 Å². The van der Waals surface area contributed by atoms with Gasteiger partial charge in [0, 0.05) is 12.4 Å². The van der Waals surface area contributed by atoms with Crippen molar-refractivity contribution in [2.75, 3.05) is 0 Å². The summed E-state index contributed by atoms with van der Waals surface area (Å²) in [5.74, 6) is 0.414. The van der Waals surface area contributed by atoms with Crippen LogP contribution in [0.25, 0.3) is 0 Å². The minimum Gasteiger partial charge on any atom is -0.390 e. The van der Waals surface area contributed by atoms with Crippen molar-refractivity contribution in [1.29, 1.82) is 0 Å². The fourth-order valence-electron chi connectivity index (χ4n) is 3.94. The van der Waals surface area contributed by atoms with Crippen LogP contribution in [-0.2, 0) is 11.3 Å². The van der Waals surface area contributed by atoms with Crippen molar-refractivity contribution in [1.82, 2.24) is 15.1 Å². The lowest BCUT2D eigenvalue weighted by Gasteiger charge is -2.33. The fourth-order valence-corrected chi connectivity index (χ4v) is 3.94. The predicted octanol–water partition coefficient (Wildman–Crippen LogP) is 1.43. The lowest BCUT2D eigenvalue weighted by molar-refractivity contribution is -0.125. The summed E-state index contributed by atoms with van der Waals surface area (Å²) >= 11 is 0. The van der Waals surface area contributed by atoms with Crippen molar-refractivity contribution >= 4 is 5.91 Å². The number of nitrogens with two attached hydrogens (primary N) is 1. The van der Waals surface area contributed by atoms with Gasteiger partial charge in [-0.1, -0.05) is 46.0 Å². The molecular weight excluding hydrogens is 344 g/mol. The maximum Gasteiger partial charge on any atom is 0.239 e. The topological polar surface area (TPSA) is 113 Å². The number of hydrogen-bond acceptors (Lipinski definition) is 5. The second-order valence-corrected chi connectivity index (χ2v) is 8.38. The minimum atomic E-state index is -0.991. The molecule has 4 atom stereocenters. The van der Waals surface area contributed by atoms with E-state index in [-0.39, 0.29) is 18.4 Å². The Bertz CT molecular complexity index is 543. The zero-order chi connectivity index (χ0) is 19.8. The van der Waals surface area contributed by atoms with E-state index >= 15 is 0 Å². The zero-order valence-electron chi connectivity index (χ0n) is 16.6. The summed E-state index contributed by atoms with van der Waals surface area (Å²) < 4.78 is 1.62. The normalized spacial score (nSPS) is 20.2. The van der Waals surface area contributed by atoms with Crippen LogP contribution in [0.4, 0.5) is 0 Å². The van der Waals surface area contributed by atoms with Crippen molar-refractivity contribution in [2.45, 2.75) is 89.6 Å². The highest BCUT2D eigenvalue weighted by atomic mass is 16.3. The molecule has 1 saturated carbocycles. The molecule has 1 aliphatic carbocycles. The van der Waals surface area contributed by atoms with E-state index in [1.807, 2.05) is 13.8 Å². The molecule has 0 aliphatic heterocycles. The first kappa shape index (κ1) is 21.9. The van der Waals surface area contributed by atoms with Crippen LogP contribution in [0.5, 0.6) is 0 Å². The number of amides is 1. The molecule has 2 rings (SSSR count). The summed E-state index contributed by atoms with van der Waals surface area (Å²) in [6.45, 7) is 4.29.